The Balaban J connectivity index is 0.000000183. The molecule has 0 unspecified atom stereocenters. The first-order valence-corrected chi connectivity index (χ1v) is 48.1. The molecule has 17 rings (SSSR count). The lowest BCUT2D eigenvalue weighted by molar-refractivity contribution is -0.475. The number of aromatic nitrogens is 3. The zero-order valence-corrected chi connectivity index (χ0v) is 82.3. The maximum Gasteiger partial charge on any atom is 0.410 e. The van der Waals surface area contributed by atoms with Crippen molar-refractivity contribution in [2.24, 2.45) is 0 Å². The number of allylic oxidation sites excluding steroid dienone is 1. The van der Waals surface area contributed by atoms with E-state index in [0.29, 0.717) is 79.1 Å². The molecule has 0 atom stereocenters. The van der Waals surface area contributed by atoms with Gasteiger partial charge in [-0.2, -0.15) is 5.26 Å². The number of ether oxygens (including phenoxy) is 2. The number of carbonyl (C=O) groups is 6. The summed E-state index contributed by atoms with van der Waals surface area (Å²) in [4.78, 5) is 129. The number of alkyl halides is 1. The number of nitrogens with two attached hydrogens (primary N) is 2. The average molecular weight is 1970 g/mol. The quantitative estimate of drug-likeness (QED) is 0.0236. The molecule has 3 fully saturated rings. The summed E-state index contributed by atoms with van der Waals surface area (Å²) in [7, 11) is 0. The third-order valence-electron chi connectivity index (χ3n) is 21.5. The van der Waals surface area contributed by atoms with Crippen LogP contribution in [-0.2, 0) is 22.3 Å². The van der Waals surface area contributed by atoms with Crippen LogP contribution in [0.25, 0.3) is 69.1 Å². The van der Waals surface area contributed by atoms with Gasteiger partial charge >= 0.3 is 28.2 Å². The average Bonchev–Trinajstić information content (AvgIpc) is 1.49. The number of carboxylic acid groups (broad SMARTS) is 1. The Hall–Kier alpha value is -14.9. The first-order valence-electron chi connectivity index (χ1n) is 44.5. The van der Waals surface area contributed by atoms with Gasteiger partial charge in [-0.3, -0.25) is 59.7 Å². The Labute approximate surface area is 828 Å². The van der Waals surface area contributed by atoms with Crippen LogP contribution < -0.4 is 26.2 Å². The summed E-state index contributed by atoms with van der Waals surface area (Å²) in [5, 5.41) is 52.4. The molecule has 139 heavy (non-hydrogen) atoms. The fourth-order valence-corrected chi connectivity index (χ4v) is 17.5. The predicted octanol–water partition coefficient (Wildman–Crippen LogP) is 24.0. The smallest absolute Gasteiger partial charge is 0.410 e. The molecule has 34 heteroatoms. The summed E-state index contributed by atoms with van der Waals surface area (Å²) in [5.74, 6) is -1.05. The van der Waals surface area contributed by atoms with Crippen molar-refractivity contribution in [3.63, 3.8) is 0 Å². The highest BCUT2D eigenvalue weighted by molar-refractivity contribution is 7.20. The van der Waals surface area contributed by atoms with E-state index in [2.05, 4.69) is 47.3 Å². The number of nitrogen functional groups attached to an aromatic ring is 2. The van der Waals surface area contributed by atoms with Gasteiger partial charge in [0.05, 0.1) is 53.6 Å². The van der Waals surface area contributed by atoms with Gasteiger partial charge in [0.1, 0.15) is 16.9 Å². The molecule has 9 heterocycles. The van der Waals surface area contributed by atoms with Crippen LogP contribution in [0.15, 0.2) is 267 Å². The Morgan fingerprint density at radius 2 is 0.806 bits per heavy atom. The minimum Gasteiger partial charge on any atom is -0.478 e. The number of halogens is 2. The van der Waals surface area contributed by atoms with Crippen LogP contribution in [0.5, 0.6) is 0 Å². The first kappa shape index (κ1) is 106. The number of hydrogen-bond acceptors (Lipinski definition) is 26. The van der Waals surface area contributed by atoms with Crippen molar-refractivity contribution in [1.82, 2.24) is 24.8 Å². The third kappa shape index (κ3) is 31.9. The van der Waals surface area contributed by atoms with Gasteiger partial charge in [0, 0.05) is 186 Å². The molecule has 5 N–H and O–H groups in total. The second-order valence-corrected chi connectivity index (χ2v) is 37.3. The summed E-state index contributed by atoms with van der Waals surface area (Å²) < 4.78 is 11.0. The molecule has 0 radical (unpaired) electrons. The van der Waals surface area contributed by atoms with E-state index in [1.807, 2.05) is 260 Å². The largest absolute Gasteiger partial charge is 0.478 e. The summed E-state index contributed by atoms with van der Waals surface area (Å²) in [6, 6.07) is 78.2. The number of rotatable bonds is 18. The van der Waals surface area contributed by atoms with E-state index in [0.717, 1.165) is 128 Å². The number of carboxylic acids is 1. The van der Waals surface area contributed by atoms with Crippen molar-refractivity contribution in [1.29, 1.82) is 5.26 Å². The van der Waals surface area contributed by atoms with Crippen molar-refractivity contribution in [2.45, 2.75) is 98.7 Å². The lowest BCUT2D eigenvalue weighted by Gasteiger charge is -2.36. The van der Waals surface area contributed by atoms with Crippen molar-refractivity contribution in [2.75, 3.05) is 105 Å². The zero-order valence-electron chi connectivity index (χ0n) is 78.4. The molecule has 0 aliphatic carbocycles. The van der Waals surface area contributed by atoms with Crippen LogP contribution in [0.3, 0.4) is 0 Å². The van der Waals surface area contributed by atoms with Gasteiger partial charge in [-0.25, -0.2) is 14.4 Å². The van der Waals surface area contributed by atoms with Gasteiger partial charge in [-0.15, -0.1) is 22.9 Å². The molecular formula is C105H108Cl2N14O15S3. The Morgan fingerprint density at radius 1 is 0.460 bits per heavy atom. The lowest BCUT2D eigenvalue weighted by Crippen LogP contribution is -2.50. The van der Waals surface area contributed by atoms with Gasteiger partial charge < -0.3 is 50.5 Å². The summed E-state index contributed by atoms with van der Waals surface area (Å²) in [6.45, 7) is 21.6. The number of hydrogen-bond donors (Lipinski definition) is 3. The van der Waals surface area contributed by atoms with E-state index in [-0.39, 0.29) is 75.1 Å². The molecule has 0 bridgehead atoms. The van der Waals surface area contributed by atoms with Gasteiger partial charge in [0.25, 0.3) is 0 Å². The fraction of sp³-hybridized carbons (Fsp3) is 0.257. The Kier molecular flexibility index (Phi) is 39.2. The highest BCUT2D eigenvalue weighted by atomic mass is 35.5. The topological polar surface area (TPSA) is 401 Å². The van der Waals surface area contributed by atoms with E-state index >= 15 is 0 Å². The minimum absolute atomic E-state index is 0.00820. The number of piperazine rings is 2. The minimum atomic E-state index is -0.936. The number of benzene rings is 8. The number of anilines is 5. The second-order valence-electron chi connectivity index (χ2n) is 33.7. The van der Waals surface area contributed by atoms with Crippen LogP contribution in [0.1, 0.15) is 133 Å². The standard InChI is InChI=1S/C30H30N4O5S.C30H32N4O3S.C15H16N2O2.C10H8N2O2S.C9H6ClN.C8H8O.C2H5NO2.CH3Cl/c1-30(2,3)39-29(36)33-13-11-32(12-14-33)24-10-9-21-15-23(19-31-25(21)18-24)26(35)16-22-17-27(40-28(22)34(37)38)20-7-5-4-6-8-20;1-30(2,3)37-29(36)34-13-11-33(12-14-34)24-10-9-21-15-23(19-32-25(21)18-24)26(35)16-22-17-27(38-28(22)31)20-7-5-4-6-8-20;18-15(19)12-8-11-4-5-13(9-14(11)16-10-12)17-6-2-1-3-7-17;11-8-6-9(15-10(8)12(13)14)7-4-2-1-3-5-7;10-9(6-7-11)8-4-2-1-3-5-8;1-7(9)8-5-3-2-4-6-8;1-2-3(4)5;1-2/h4-10,15,17-19H,11-14,16H2,1-3H3;4-10,15,17-19H,11-14,16,31H2,1-3H3;4-5,8-10H,1-3,6-7H2,(H,18,19);1-6H,11H2;1-6H;2-6H,1H3;2H2,1H3;1H3/b;;;;9-6-;;;. The van der Waals surface area contributed by atoms with Crippen LogP contribution in [0.2, 0.25) is 0 Å². The van der Waals surface area contributed by atoms with Gasteiger partial charge in [-0.1, -0.05) is 204 Å². The van der Waals surface area contributed by atoms with Crippen LogP contribution in [-0.4, -0.2) is 170 Å². The number of nitriles is 1. The molecule has 8 aromatic carbocycles. The van der Waals surface area contributed by atoms with Crippen molar-refractivity contribution >= 4 is 168 Å². The monoisotopic (exact) mass is 1970 g/mol. The zero-order chi connectivity index (χ0) is 100. The molecule has 3 saturated heterocycles. The molecule has 3 aliphatic heterocycles. The molecule has 14 aromatic rings. The SMILES string of the molecule is CC(=O)c1ccccc1.CC(C)(C)OC(=O)N1CCN(c2ccc3cc(C(=O)Cc4cc(-c5ccccc5)sc4N)cnc3c2)CC1.CC(C)(C)OC(=O)N1CCN(c2ccc3cc(C(=O)Cc4cc(-c5ccccc5)sc4[N+](=O)[O-])cnc3c2)CC1.CC[N+](=O)[O-].CCl.N#C/C=C(\Cl)c1ccccc1.Nc1cc(-c2ccccc2)sc1[N+](=O)[O-].O=C(O)c1cnc2cc(N3CCCCC3)ccc2c1. The molecular weight excluding hydrogens is 1860 g/mol. The highest BCUT2D eigenvalue weighted by Crippen LogP contribution is 2.41. The summed E-state index contributed by atoms with van der Waals surface area (Å²) in [6.07, 6.45) is 10.8. The van der Waals surface area contributed by atoms with Crippen molar-refractivity contribution < 1.29 is 58.1 Å². The van der Waals surface area contributed by atoms with E-state index in [1.165, 1.54) is 68.1 Å². The maximum atomic E-state index is 13.2. The molecule has 6 aromatic heterocycles. The predicted molar refractivity (Wildman–Crippen MR) is 557 cm³/mol. The van der Waals surface area contributed by atoms with Gasteiger partial charge in [-0.05, 0) is 168 Å². The van der Waals surface area contributed by atoms with Crippen molar-refractivity contribution in [3.05, 3.63) is 337 Å². The number of piperidine rings is 1. The van der Waals surface area contributed by atoms with Crippen LogP contribution in [0, 0.1) is 41.7 Å². The first-order chi connectivity index (χ1) is 66.6. The van der Waals surface area contributed by atoms with Crippen LogP contribution >= 0.6 is 57.2 Å². The van der Waals surface area contributed by atoms with E-state index in [1.54, 1.807) is 47.2 Å². The molecule has 2 amide bonds. The highest BCUT2D eigenvalue weighted by Gasteiger charge is 2.30. The number of amides is 2. The number of ketones is 3. The maximum absolute atomic E-state index is 13.2. The number of fused-ring (bicyclic) bond motifs is 3. The number of thiophene rings is 3. The summed E-state index contributed by atoms with van der Waals surface area (Å²) in [5.41, 5.74) is 23.7. The number of Topliss-reactive ketones (excluding diaryl/α,β-unsaturated/α-hetero) is 3. The van der Waals surface area contributed by atoms with E-state index in [9.17, 15) is 59.1 Å². The number of aromatic carboxylic acids is 1. The van der Waals surface area contributed by atoms with Crippen LogP contribution in [0.4, 0.5) is 47.3 Å². The normalized spacial score (nSPS) is 12.8. The summed E-state index contributed by atoms with van der Waals surface area (Å²) >= 11 is 14.1. The fourth-order valence-electron chi connectivity index (χ4n) is 14.5. The molecule has 0 saturated carbocycles. The third-order valence-corrected chi connectivity index (χ3v) is 25.2. The molecule has 29 nitrogen and oxygen atoms in total. The van der Waals surface area contributed by atoms with Gasteiger partial charge in [0.2, 0.25) is 6.54 Å². The number of carbonyl (C=O) groups excluding carboxylic acids is 5. The van der Waals surface area contributed by atoms with Gasteiger partial charge in [0.15, 0.2) is 17.3 Å². The molecule has 720 valence electrons. The number of nitrogens with zero attached hydrogens (tertiary/aromatic N) is 12. The van der Waals surface area contributed by atoms with E-state index in [4.69, 9.17) is 42.9 Å². The Bertz CT molecular complexity index is 6650. The second kappa shape index (κ2) is 51.3. The Morgan fingerprint density at radius 3 is 1.17 bits per heavy atom. The number of pyridine rings is 3. The molecule has 3 aliphatic rings. The van der Waals surface area contributed by atoms with Crippen molar-refractivity contribution in [3.8, 4) is 37.4 Å². The van der Waals surface area contributed by atoms with E-state index < -0.39 is 27.0 Å². The lowest BCUT2D eigenvalue weighted by atomic mass is 10.0. The molecule has 0 spiro atoms. The number of nitro groups is 3.